The minimum atomic E-state index is 0.0460. The highest BCUT2D eigenvalue weighted by molar-refractivity contribution is 7.08. The van der Waals surface area contributed by atoms with Crippen LogP contribution in [-0.4, -0.2) is 43.7 Å². The molecule has 1 amide bonds. The fraction of sp³-hybridized carbons (Fsp3) is 0.353. The van der Waals surface area contributed by atoms with Gasteiger partial charge in [-0.05, 0) is 29.1 Å². The van der Waals surface area contributed by atoms with Crippen molar-refractivity contribution in [2.24, 2.45) is 0 Å². The summed E-state index contributed by atoms with van der Waals surface area (Å²) in [4.78, 5) is 14.3. The van der Waals surface area contributed by atoms with E-state index in [1.54, 1.807) is 18.4 Å². The largest absolute Gasteiger partial charge is 0.497 e. The number of morpholine rings is 1. The van der Waals surface area contributed by atoms with Crippen molar-refractivity contribution in [3.63, 3.8) is 0 Å². The first-order valence-corrected chi connectivity index (χ1v) is 8.26. The van der Waals surface area contributed by atoms with Gasteiger partial charge in [0.1, 0.15) is 5.75 Å². The SMILES string of the molecule is COc1ccc(CC2CN(C(=O)c3ccsc3)CCO2)cc1. The summed E-state index contributed by atoms with van der Waals surface area (Å²) < 4.78 is 11.0. The van der Waals surface area contributed by atoms with E-state index in [2.05, 4.69) is 0 Å². The Balaban J connectivity index is 1.61. The van der Waals surface area contributed by atoms with Crippen molar-refractivity contribution in [3.05, 3.63) is 52.2 Å². The summed E-state index contributed by atoms with van der Waals surface area (Å²) >= 11 is 1.55. The molecule has 0 N–H and O–H groups in total. The van der Waals surface area contributed by atoms with Gasteiger partial charge in [-0.25, -0.2) is 0 Å². The van der Waals surface area contributed by atoms with Gasteiger partial charge in [0.05, 0.1) is 25.4 Å². The molecule has 1 saturated heterocycles. The van der Waals surface area contributed by atoms with Crippen LogP contribution in [0.4, 0.5) is 0 Å². The number of amides is 1. The van der Waals surface area contributed by atoms with Gasteiger partial charge in [-0.2, -0.15) is 11.3 Å². The average molecular weight is 317 g/mol. The van der Waals surface area contributed by atoms with Crippen LogP contribution in [0.3, 0.4) is 0 Å². The summed E-state index contributed by atoms with van der Waals surface area (Å²) in [5.41, 5.74) is 1.96. The highest BCUT2D eigenvalue weighted by atomic mass is 32.1. The fourth-order valence-corrected chi connectivity index (χ4v) is 3.25. The Labute approximate surface area is 134 Å². The third-order valence-electron chi connectivity index (χ3n) is 3.82. The molecule has 5 heteroatoms. The predicted molar refractivity (Wildman–Crippen MR) is 86.7 cm³/mol. The van der Waals surface area contributed by atoms with Gasteiger partial charge in [-0.1, -0.05) is 12.1 Å². The highest BCUT2D eigenvalue weighted by Crippen LogP contribution is 2.17. The lowest BCUT2D eigenvalue weighted by Crippen LogP contribution is -2.46. The van der Waals surface area contributed by atoms with Crippen molar-refractivity contribution >= 4 is 17.2 Å². The molecule has 1 aliphatic rings. The van der Waals surface area contributed by atoms with E-state index >= 15 is 0 Å². The quantitative estimate of drug-likeness (QED) is 0.870. The molecule has 1 unspecified atom stereocenters. The van der Waals surface area contributed by atoms with Crippen molar-refractivity contribution in [2.75, 3.05) is 26.8 Å². The van der Waals surface area contributed by atoms with E-state index in [1.165, 1.54) is 5.56 Å². The second kappa shape index (κ2) is 6.94. The van der Waals surface area contributed by atoms with Gasteiger partial charge < -0.3 is 14.4 Å². The zero-order valence-electron chi connectivity index (χ0n) is 12.5. The van der Waals surface area contributed by atoms with Crippen molar-refractivity contribution in [2.45, 2.75) is 12.5 Å². The molecule has 0 saturated carbocycles. The van der Waals surface area contributed by atoms with E-state index in [4.69, 9.17) is 9.47 Å². The Hall–Kier alpha value is -1.85. The first kappa shape index (κ1) is 15.1. The van der Waals surface area contributed by atoms with Crippen LogP contribution in [0.5, 0.6) is 5.75 Å². The minimum Gasteiger partial charge on any atom is -0.497 e. The molecule has 22 heavy (non-hydrogen) atoms. The summed E-state index contributed by atoms with van der Waals surface area (Å²) in [5, 5.41) is 3.83. The molecule has 2 aromatic rings. The molecule has 1 aromatic carbocycles. The summed E-state index contributed by atoms with van der Waals surface area (Å²) in [6.07, 6.45) is 0.849. The molecule has 1 aromatic heterocycles. The van der Waals surface area contributed by atoms with E-state index in [1.807, 2.05) is 46.0 Å². The van der Waals surface area contributed by atoms with Gasteiger partial charge in [0.25, 0.3) is 5.91 Å². The van der Waals surface area contributed by atoms with Crippen molar-refractivity contribution in [1.82, 2.24) is 4.90 Å². The van der Waals surface area contributed by atoms with Crippen LogP contribution >= 0.6 is 11.3 Å². The van der Waals surface area contributed by atoms with E-state index in [0.717, 1.165) is 17.7 Å². The number of hydrogen-bond donors (Lipinski definition) is 0. The number of hydrogen-bond acceptors (Lipinski definition) is 4. The Morgan fingerprint density at radius 2 is 2.18 bits per heavy atom. The highest BCUT2D eigenvalue weighted by Gasteiger charge is 2.25. The first-order valence-electron chi connectivity index (χ1n) is 7.32. The minimum absolute atomic E-state index is 0.0460. The Kier molecular flexibility index (Phi) is 4.75. The number of ether oxygens (including phenoxy) is 2. The lowest BCUT2D eigenvalue weighted by atomic mass is 10.1. The normalized spacial score (nSPS) is 18.2. The van der Waals surface area contributed by atoms with E-state index in [-0.39, 0.29) is 12.0 Å². The Morgan fingerprint density at radius 1 is 1.36 bits per heavy atom. The molecular formula is C17H19NO3S. The van der Waals surface area contributed by atoms with Crippen LogP contribution in [0.1, 0.15) is 15.9 Å². The summed E-state index contributed by atoms with van der Waals surface area (Å²) in [6.45, 7) is 1.89. The number of carbonyl (C=O) groups is 1. The van der Waals surface area contributed by atoms with Crippen LogP contribution in [0.15, 0.2) is 41.1 Å². The summed E-state index contributed by atoms with van der Waals surface area (Å²) in [5.74, 6) is 0.951. The van der Waals surface area contributed by atoms with E-state index in [0.29, 0.717) is 19.7 Å². The number of methoxy groups -OCH3 is 1. The molecular weight excluding hydrogens is 298 g/mol. The molecule has 1 atom stereocenters. The topological polar surface area (TPSA) is 38.8 Å². The van der Waals surface area contributed by atoms with Gasteiger partial charge in [-0.3, -0.25) is 4.79 Å². The summed E-state index contributed by atoms with van der Waals surface area (Å²) in [6, 6.07) is 9.86. The Morgan fingerprint density at radius 3 is 2.86 bits per heavy atom. The van der Waals surface area contributed by atoms with Crippen LogP contribution in [0, 0.1) is 0 Å². The van der Waals surface area contributed by atoms with Gasteiger partial charge in [0.15, 0.2) is 0 Å². The molecule has 3 rings (SSSR count). The molecule has 0 bridgehead atoms. The van der Waals surface area contributed by atoms with Gasteiger partial charge in [0.2, 0.25) is 0 Å². The van der Waals surface area contributed by atoms with Crippen LogP contribution in [-0.2, 0) is 11.2 Å². The predicted octanol–water partition coefficient (Wildman–Crippen LogP) is 2.84. The maximum Gasteiger partial charge on any atom is 0.254 e. The molecule has 2 heterocycles. The molecule has 0 radical (unpaired) electrons. The van der Waals surface area contributed by atoms with Crippen molar-refractivity contribution < 1.29 is 14.3 Å². The second-order valence-corrected chi connectivity index (χ2v) is 6.09. The lowest BCUT2D eigenvalue weighted by molar-refractivity contribution is -0.0208. The fourth-order valence-electron chi connectivity index (χ4n) is 2.62. The smallest absolute Gasteiger partial charge is 0.254 e. The van der Waals surface area contributed by atoms with Gasteiger partial charge in [-0.15, -0.1) is 0 Å². The third kappa shape index (κ3) is 3.48. The zero-order valence-corrected chi connectivity index (χ0v) is 13.3. The van der Waals surface area contributed by atoms with Gasteiger partial charge in [0, 0.05) is 24.9 Å². The van der Waals surface area contributed by atoms with E-state index < -0.39 is 0 Å². The first-order chi connectivity index (χ1) is 10.8. The summed E-state index contributed by atoms with van der Waals surface area (Å²) in [7, 11) is 1.66. The van der Waals surface area contributed by atoms with Crippen molar-refractivity contribution in [1.29, 1.82) is 0 Å². The average Bonchev–Trinajstić information content (AvgIpc) is 3.09. The van der Waals surface area contributed by atoms with Crippen LogP contribution < -0.4 is 4.74 Å². The van der Waals surface area contributed by atoms with Crippen LogP contribution in [0.25, 0.3) is 0 Å². The van der Waals surface area contributed by atoms with Crippen LogP contribution in [0.2, 0.25) is 0 Å². The van der Waals surface area contributed by atoms with Crippen molar-refractivity contribution in [3.8, 4) is 5.75 Å². The Bertz CT molecular complexity index is 609. The number of carbonyl (C=O) groups excluding carboxylic acids is 1. The molecule has 116 valence electrons. The lowest BCUT2D eigenvalue weighted by Gasteiger charge is -2.33. The molecule has 0 aliphatic carbocycles. The number of thiophene rings is 1. The monoisotopic (exact) mass is 317 g/mol. The van der Waals surface area contributed by atoms with E-state index in [9.17, 15) is 4.79 Å². The third-order valence-corrected chi connectivity index (χ3v) is 4.50. The number of benzene rings is 1. The maximum atomic E-state index is 12.4. The molecule has 4 nitrogen and oxygen atoms in total. The maximum absolute atomic E-state index is 12.4. The number of nitrogens with zero attached hydrogens (tertiary/aromatic N) is 1. The zero-order chi connectivity index (χ0) is 15.4. The van der Waals surface area contributed by atoms with Gasteiger partial charge >= 0.3 is 0 Å². The standard InChI is InChI=1S/C17H19NO3S/c1-20-15-4-2-13(3-5-15)10-16-11-18(7-8-21-16)17(19)14-6-9-22-12-14/h2-6,9,12,16H,7-8,10-11H2,1H3. The molecule has 1 fully saturated rings. The molecule has 0 spiro atoms. The molecule has 1 aliphatic heterocycles. The second-order valence-electron chi connectivity index (χ2n) is 5.31. The number of rotatable bonds is 4.